The second-order valence-corrected chi connectivity index (χ2v) is 14.6. The van der Waals surface area contributed by atoms with Gasteiger partial charge >= 0.3 is 0 Å². The van der Waals surface area contributed by atoms with Crippen LogP contribution in [0.4, 0.5) is 0 Å². The van der Waals surface area contributed by atoms with Crippen molar-refractivity contribution in [2.24, 2.45) is 35.0 Å². The Morgan fingerprint density at radius 1 is 0.610 bits per heavy atom. The summed E-state index contributed by atoms with van der Waals surface area (Å²) in [5.41, 5.74) is -0.0750. The predicted molar refractivity (Wildman–Crippen MR) is 157 cm³/mol. The van der Waals surface area contributed by atoms with Crippen LogP contribution in [0.2, 0.25) is 0 Å². The standard InChI is InChI=1S/C34H54N2O5/c1-7-33(5,8-2)21-11-13-22(14-12-21)35-29(37)25-17-15-23(19-27(25)30(35)38)41-24-16-18-26-28(20-24)32(40)36(31(26)39)34(6,9-3)10-4/h21-28H,7-20H2,1-6H3. The maximum Gasteiger partial charge on any atom is 0.233 e. The normalized spacial score (nSPS) is 36.6. The van der Waals surface area contributed by atoms with Crippen LogP contribution in [0.1, 0.15) is 131 Å². The Hall–Kier alpha value is -1.76. The Morgan fingerprint density at radius 3 is 1.59 bits per heavy atom. The second-order valence-electron chi connectivity index (χ2n) is 14.6. The first-order valence-corrected chi connectivity index (χ1v) is 16.9. The molecule has 0 bridgehead atoms. The number of rotatable bonds is 9. The van der Waals surface area contributed by atoms with Crippen molar-refractivity contribution in [2.75, 3.05) is 0 Å². The summed E-state index contributed by atoms with van der Waals surface area (Å²) >= 11 is 0. The van der Waals surface area contributed by atoms with Crippen LogP contribution >= 0.6 is 0 Å². The lowest BCUT2D eigenvalue weighted by Crippen LogP contribution is -2.49. The SMILES string of the molecule is CCC(C)(CC)C1CCC(N2C(=O)C3CCC(OC4CCC5C(=O)N(C(C)(CC)CC)C(=O)C5C4)CC3C2=O)CC1. The number of amides is 4. The molecule has 3 saturated carbocycles. The molecule has 5 aliphatic rings. The van der Waals surface area contributed by atoms with Crippen LogP contribution in [-0.4, -0.2) is 57.2 Å². The van der Waals surface area contributed by atoms with Gasteiger partial charge in [0, 0.05) is 11.6 Å². The highest BCUT2D eigenvalue weighted by Crippen LogP contribution is 2.48. The summed E-state index contributed by atoms with van der Waals surface area (Å²) in [6.45, 7) is 13.1. The van der Waals surface area contributed by atoms with Crippen LogP contribution in [0.15, 0.2) is 0 Å². The Morgan fingerprint density at radius 2 is 1.07 bits per heavy atom. The van der Waals surface area contributed by atoms with Gasteiger partial charge in [-0.3, -0.25) is 29.0 Å². The number of ether oxygens (including phenoxy) is 1. The maximum atomic E-state index is 13.7. The monoisotopic (exact) mass is 570 g/mol. The summed E-state index contributed by atoms with van der Waals surface area (Å²) in [5, 5.41) is 0. The zero-order valence-corrected chi connectivity index (χ0v) is 26.5. The van der Waals surface area contributed by atoms with E-state index in [0.717, 1.165) is 51.4 Å². The lowest BCUT2D eigenvalue weighted by molar-refractivity contribution is -0.147. The van der Waals surface area contributed by atoms with E-state index in [-0.39, 0.29) is 65.6 Å². The van der Waals surface area contributed by atoms with Gasteiger partial charge in [0.2, 0.25) is 23.6 Å². The highest BCUT2D eigenvalue weighted by atomic mass is 16.5. The zero-order valence-electron chi connectivity index (χ0n) is 26.5. The van der Waals surface area contributed by atoms with Gasteiger partial charge in [-0.15, -0.1) is 0 Å². The molecule has 5 rings (SSSR count). The van der Waals surface area contributed by atoms with E-state index in [9.17, 15) is 19.2 Å². The maximum absolute atomic E-state index is 13.7. The van der Waals surface area contributed by atoms with Gasteiger partial charge in [0.15, 0.2) is 0 Å². The molecule has 0 aromatic rings. The van der Waals surface area contributed by atoms with Crippen LogP contribution < -0.4 is 0 Å². The van der Waals surface area contributed by atoms with E-state index in [4.69, 9.17) is 4.74 Å². The van der Waals surface area contributed by atoms with E-state index in [1.165, 1.54) is 12.8 Å². The first-order chi connectivity index (χ1) is 19.5. The molecule has 6 atom stereocenters. The molecule has 7 heteroatoms. The Bertz CT molecular complexity index is 1020. The second kappa shape index (κ2) is 11.7. The molecule has 0 aromatic heterocycles. The molecule has 5 fully saturated rings. The zero-order chi connectivity index (χ0) is 29.7. The van der Waals surface area contributed by atoms with Crippen LogP contribution in [-0.2, 0) is 23.9 Å². The summed E-state index contributed by atoms with van der Waals surface area (Å²) in [5.74, 6) is -0.253. The van der Waals surface area contributed by atoms with Gasteiger partial charge in [0.05, 0.1) is 35.9 Å². The summed E-state index contributed by atoms with van der Waals surface area (Å²) in [7, 11) is 0. The molecule has 7 nitrogen and oxygen atoms in total. The average molecular weight is 571 g/mol. The minimum atomic E-state index is -0.424. The Labute approximate surface area is 247 Å². The summed E-state index contributed by atoms with van der Waals surface area (Å²) in [4.78, 5) is 57.1. The van der Waals surface area contributed by atoms with E-state index in [1.54, 1.807) is 9.80 Å². The van der Waals surface area contributed by atoms with Gasteiger partial charge in [-0.2, -0.15) is 0 Å². The highest BCUT2D eigenvalue weighted by molar-refractivity contribution is 6.06. The topological polar surface area (TPSA) is 84.0 Å². The van der Waals surface area contributed by atoms with Crippen molar-refractivity contribution >= 4 is 23.6 Å². The Kier molecular flexibility index (Phi) is 8.78. The average Bonchev–Trinajstić information content (AvgIpc) is 3.40. The fourth-order valence-corrected chi connectivity index (χ4v) is 9.14. The molecule has 2 saturated heterocycles. The number of likely N-dealkylation sites (tertiary alicyclic amines) is 2. The van der Waals surface area contributed by atoms with Crippen molar-refractivity contribution < 1.29 is 23.9 Å². The highest BCUT2D eigenvalue weighted by Gasteiger charge is 2.56. The van der Waals surface area contributed by atoms with Crippen LogP contribution in [0.3, 0.4) is 0 Å². The quantitative estimate of drug-likeness (QED) is 0.305. The van der Waals surface area contributed by atoms with Crippen LogP contribution in [0.5, 0.6) is 0 Å². The first kappa shape index (κ1) is 30.7. The summed E-state index contributed by atoms with van der Waals surface area (Å²) in [6.07, 6.45) is 11.9. The number of hydrogen-bond donors (Lipinski definition) is 0. The molecule has 0 spiro atoms. The van der Waals surface area contributed by atoms with Gasteiger partial charge in [-0.1, -0.05) is 47.5 Å². The predicted octanol–water partition coefficient (Wildman–Crippen LogP) is 6.27. The smallest absolute Gasteiger partial charge is 0.233 e. The van der Waals surface area contributed by atoms with Crippen molar-refractivity contribution in [1.29, 1.82) is 0 Å². The first-order valence-electron chi connectivity index (χ1n) is 16.9. The molecule has 230 valence electrons. The summed E-state index contributed by atoms with van der Waals surface area (Å²) in [6, 6.07) is 0.0512. The number of fused-ring (bicyclic) bond motifs is 2. The molecule has 2 aliphatic heterocycles. The molecule has 0 radical (unpaired) electrons. The minimum Gasteiger partial charge on any atom is -0.375 e. The van der Waals surface area contributed by atoms with Gasteiger partial charge < -0.3 is 4.74 Å². The van der Waals surface area contributed by atoms with Crippen molar-refractivity contribution in [3.8, 4) is 0 Å². The molecule has 3 aliphatic carbocycles. The van der Waals surface area contributed by atoms with E-state index >= 15 is 0 Å². The molecule has 4 amide bonds. The van der Waals surface area contributed by atoms with Gasteiger partial charge in [0.25, 0.3) is 0 Å². The fourth-order valence-electron chi connectivity index (χ4n) is 9.14. The van der Waals surface area contributed by atoms with Crippen LogP contribution in [0, 0.1) is 35.0 Å². The largest absolute Gasteiger partial charge is 0.375 e. The number of carbonyl (C=O) groups excluding carboxylic acids is 4. The molecular formula is C34H54N2O5. The lowest BCUT2D eigenvalue weighted by atomic mass is 9.66. The molecular weight excluding hydrogens is 516 g/mol. The molecule has 6 unspecified atom stereocenters. The van der Waals surface area contributed by atoms with Crippen molar-refractivity contribution in [2.45, 2.75) is 155 Å². The van der Waals surface area contributed by atoms with Gasteiger partial charge in [-0.05, 0) is 95.3 Å². The number of nitrogens with zero attached hydrogens (tertiary/aromatic N) is 2. The van der Waals surface area contributed by atoms with Crippen molar-refractivity contribution in [1.82, 2.24) is 9.80 Å². The van der Waals surface area contributed by atoms with E-state index in [2.05, 4.69) is 20.8 Å². The number of carbonyl (C=O) groups is 4. The van der Waals surface area contributed by atoms with Crippen molar-refractivity contribution in [3.05, 3.63) is 0 Å². The molecule has 0 aromatic carbocycles. The Balaban J connectivity index is 1.18. The van der Waals surface area contributed by atoms with E-state index in [0.29, 0.717) is 37.0 Å². The third kappa shape index (κ3) is 5.20. The third-order valence-corrected chi connectivity index (χ3v) is 12.9. The fraction of sp³-hybridized carbons (Fsp3) is 0.882. The molecule has 2 heterocycles. The summed E-state index contributed by atoms with van der Waals surface area (Å²) < 4.78 is 6.58. The molecule has 0 N–H and O–H groups in total. The lowest BCUT2D eigenvalue weighted by Gasteiger charge is -2.42. The van der Waals surface area contributed by atoms with Crippen LogP contribution in [0.25, 0.3) is 0 Å². The third-order valence-electron chi connectivity index (χ3n) is 12.9. The number of imide groups is 2. The van der Waals surface area contributed by atoms with Gasteiger partial charge in [0.1, 0.15) is 0 Å². The minimum absolute atomic E-state index is 0.00311. The van der Waals surface area contributed by atoms with E-state index < -0.39 is 5.54 Å². The number of hydrogen-bond acceptors (Lipinski definition) is 5. The van der Waals surface area contributed by atoms with Gasteiger partial charge in [-0.25, -0.2) is 0 Å². The molecule has 41 heavy (non-hydrogen) atoms. The van der Waals surface area contributed by atoms with Crippen molar-refractivity contribution in [3.63, 3.8) is 0 Å². The van der Waals surface area contributed by atoms with E-state index in [1.807, 2.05) is 20.8 Å².